The van der Waals surface area contributed by atoms with Gasteiger partial charge in [0, 0.05) is 68.6 Å². The minimum absolute atomic E-state index is 0.0703. The van der Waals surface area contributed by atoms with Crippen LogP contribution in [-0.4, -0.2) is 48.4 Å². The van der Waals surface area contributed by atoms with Crippen LogP contribution in [0.25, 0.3) is 11.0 Å². The van der Waals surface area contributed by atoms with E-state index in [9.17, 15) is 4.79 Å². The van der Waals surface area contributed by atoms with Crippen molar-refractivity contribution in [2.75, 3.05) is 11.9 Å². The molecular formula is C36H41N7O2. The lowest BCUT2D eigenvalue weighted by Crippen LogP contribution is -2.37. The van der Waals surface area contributed by atoms with Gasteiger partial charge in [-0.05, 0) is 72.4 Å². The molecule has 45 heavy (non-hydrogen) atoms. The Labute approximate surface area is 264 Å². The van der Waals surface area contributed by atoms with Crippen LogP contribution in [0.2, 0.25) is 0 Å². The molecular weight excluding hydrogens is 562 g/mol. The molecule has 2 atom stereocenters. The first-order valence-electron chi connectivity index (χ1n) is 15.6. The van der Waals surface area contributed by atoms with Crippen molar-refractivity contribution in [2.45, 2.75) is 66.2 Å². The summed E-state index contributed by atoms with van der Waals surface area (Å²) in [5.74, 6) is 0.589. The Kier molecular flexibility index (Phi) is 8.38. The summed E-state index contributed by atoms with van der Waals surface area (Å²) in [6.07, 6.45) is 8.09. The summed E-state index contributed by atoms with van der Waals surface area (Å²) in [6, 6.07) is 16.4. The minimum Gasteiger partial charge on any atom is -0.489 e. The van der Waals surface area contributed by atoms with Gasteiger partial charge in [-0.2, -0.15) is 0 Å². The summed E-state index contributed by atoms with van der Waals surface area (Å²) in [5, 5.41) is 11.9. The first-order chi connectivity index (χ1) is 21.7. The zero-order chi connectivity index (χ0) is 31.7. The normalized spacial score (nSPS) is 16.1. The van der Waals surface area contributed by atoms with E-state index in [0.717, 1.165) is 70.8 Å². The van der Waals surface area contributed by atoms with E-state index in [2.05, 4.69) is 81.6 Å². The molecule has 0 radical (unpaired) electrons. The van der Waals surface area contributed by atoms with Crippen molar-refractivity contribution in [1.82, 2.24) is 29.9 Å². The first-order valence-corrected chi connectivity index (χ1v) is 15.6. The fraction of sp³-hybridized carbons (Fsp3) is 0.361. The third-order valence-electron chi connectivity index (χ3n) is 9.20. The van der Waals surface area contributed by atoms with E-state index >= 15 is 0 Å². The van der Waals surface area contributed by atoms with Crippen molar-refractivity contribution in [3.63, 3.8) is 0 Å². The van der Waals surface area contributed by atoms with Gasteiger partial charge in [0.15, 0.2) is 0 Å². The van der Waals surface area contributed by atoms with Crippen LogP contribution in [0.15, 0.2) is 73.3 Å². The van der Waals surface area contributed by atoms with Crippen molar-refractivity contribution in [3.8, 4) is 5.75 Å². The van der Waals surface area contributed by atoms with Gasteiger partial charge < -0.3 is 10.1 Å². The highest BCUT2D eigenvalue weighted by Crippen LogP contribution is 2.44. The number of ether oxygens (including phenoxy) is 1. The van der Waals surface area contributed by atoms with Crippen LogP contribution in [0.4, 0.5) is 5.69 Å². The van der Waals surface area contributed by atoms with E-state index in [0.29, 0.717) is 0 Å². The summed E-state index contributed by atoms with van der Waals surface area (Å²) < 4.78 is 8.14. The van der Waals surface area contributed by atoms with Crippen molar-refractivity contribution >= 4 is 22.6 Å². The molecule has 0 fully saturated rings. The second-order valence-corrected chi connectivity index (χ2v) is 12.7. The zero-order valence-electron chi connectivity index (χ0n) is 26.9. The molecule has 1 N–H and O–H groups in total. The van der Waals surface area contributed by atoms with Gasteiger partial charge in [-0.1, -0.05) is 50.3 Å². The maximum atomic E-state index is 14.1. The first kappa shape index (κ1) is 30.4. The molecule has 2 aromatic carbocycles. The Morgan fingerprint density at radius 2 is 1.84 bits per heavy atom. The zero-order valence-corrected chi connectivity index (χ0v) is 26.9. The van der Waals surface area contributed by atoms with Gasteiger partial charge in [0.05, 0.1) is 10.9 Å². The third-order valence-corrected chi connectivity index (χ3v) is 9.20. The molecule has 0 aliphatic carbocycles. The Morgan fingerprint density at radius 1 is 1.07 bits per heavy atom. The lowest BCUT2D eigenvalue weighted by atomic mass is 9.69. The lowest BCUT2D eigenvalue weighted by Gasteiger charge is -2.35. The molecule has 1 aliphatic heterocycles. The van der Waals surface area contributed by atoms with Gasteiger partial charge in [0.2, 0.25) is 5.91 Å². The Balaban J connectivity index is 1.41. The summed E-state index contributed by atoms with van der Waals surface area (Å²) in [5.41, 5.74) is 8.40. The number of pyridine rings is 2. The Bertz CT molecular complexity index is 1830. The number of nitrogens with one attached hydrogen (secondary N) is 1. The number of carbonyl (C=O) groups excluding carboxylic acids is 1. The van der Waals surface area contributed by atoms with Crippen molar-refractivity contribution in [1.29, 1.82) is 0 Å². The molecule has 1 aliphatic rings. The SMILES string of the molecule is CCC1CN(Cc2cc(C(c3ccc4c(nnn4C)c3C)C(C)(C)C(=O)Nc3ccncc3)ccc2C)Cc2cnccc2O1. The number of anilines is 1. The van der Waals surface area contributed by atoms with E-state index < -0.39 is 5.41 Å². The molecule has 9 nitrogen and oxygen atoms in total. The lowest BCUT2D eigenvalue weighted by molar-refractivity contribution is -0.124. The number of hydrogen-bond acceptors (Lipinski definition) is 7. The summed E-state index contributed by atoms with van der Waals surface area (Å²) in [4.78, 5) is 25.0. The number of rotatable bonds is 8. The third kappa shape index (κ3) is 6.04. The number of hydrogen-bond donors (Lipinski definition) is 1. The van der Waals surface area contributed by atoms with Crippen molar-refractivity contribution in [2.24, 2.45) is 12.5 Å². The molecule has 1 amide bonds. The Hall–Kier alpha value is -4.63. The van der Waals surface area contributed by atoms with E-state index in [1.165, 1.54) is 11.1 Å². The molecule has 0 saturated carbocycles. The molecule has 0 saturated heterocycles. The summed E-state index contributed by atoms with van der Waals surface area (Å²) in [6.45, 7) is 12.8. The maximum absolute atomic E-state index is 14.1. The van der Waals surface area contributed by atoms with Crippen LogP contribution in [0.1, 0.15) is 66.5 Å². The van der Waals surface area contributed by atoms with Gasteiger partial charge in [0.1, 0.15) is 17.4 Å². The molecule has 5 aromatic rings. The maximum Gasteiger partial charge on any atom is 0.230 e. The van der Waals surface area contributed by atoms with E-state index in [1.807, 2.05) is 45.3 Å². The molecule has 4 heterocycles. The van der Waals surface area contributed by atoms with Gasteiger partial charge in [-0.25, -0.2) is 4.68 Å². The number of aromatic nitrogens is 5. The average molecular weight is 604 g/mol. The number of aryl methyl sites for hydroxylation is 3. The fourth-order valence-electron chi connectivity index (χ4n) is 6.48. The van der Waals surface area contributed by atoms with E-state index in [1.54, 1.807) is 23.3 Å². The molecule has 2 unspecified atom stereocenters. The van der Waals surface area contributed by atoms with Crippen molar-refractivity contribution in [3.05, 3.63) is 107 Å². The fourth-order valence-corrected chi connectivity index (χ4v) is 6.48. The van der Waals surface area contributed by atoms with Gasteiger partial charge in [-0.15, -0.1) is 5.10 Å². The molecule has 6 rings (SSSR count). The van der Waals surface area contributed by atoms with Crippen LogP contribution in [0.3, 0.4) is 0 Å². The highest BCUT2D eigenvalue weighted by Gasteiger charge is 2.40. The van der Waals surface area contributed by atoms with Crippen LogP contribution >= 0.6 is 0 Å². The van der Waals surface area contributed by atoms with E-state index in [-0.39, 0.29) is 17.9 Å². The van der Waals surface area contributed by atoms with Crippen LogP contribution in [0, 0.1) is 19.3 Å². The topological polar surface area (TPSA) is 98.1 Å². The van der Waals surface area contributed by atoms with Gasteiger partial charge in [0.25, 0.3) is 0 Å². The summed E-state index contributed by atoms with van der Waals surface area (Å²) >= 11 is 0. The minimum atomic E-state index is -0.829. The largest absolute Gasteiger partial charge is 0.489 e. The predicted molar refractivity (Wildman–Crippen MR) is 176 cm³/mol. The number of carbonyl (C=O) groups is 1. The van der Waals surface area contributed by atoms with Crippen LogP contribution < -0.4 is 10.1 Å². The van der Waals surface area contributed by atoms with Gasteiger partial charge >= 0.3 is 0 Å². The number of benzene rings is 2. The standard InChI is InChI=1S/C36H41N7O2/c1-7-29-22-43(21-27-19-38-17-14-32(27)45-29)20-26-18-25(9-8-23(26)2)33(30-10-11-31-34(24(30)3)40-41-42(31)6)36(4,5)35(44)39-28-12-15-37-16-13-28/h8-19,29,33H,7,20-22H2,1-6H3,(H,37,39,44). The molecule has 3 aromatic heterocycles. The Morgan fingerprint density at radius 3 is 2.62 bits per heavy atom. The average Bonchev–Trinajstić information content (AvgIpc) is 3.31. The number of nitrogens with zero attached hydrogens (tertiary/aromatic N) is 6. The molecule has 0 bridgehead atoms. The monoisotopic (exact) mass is 603 g/mol. The summed E-state index contributed by atoms with van der Waals surface area (Å²) in [7, 11) is 1.90. The molecule has 9 heteroatoms. The number of amides is 1. The molecule has 232 valence electrons. The highest BCUT2D eigenvalue weighted by atomic mass is 16.5. The van der Waals surface area contributed by atoms with Gasteiger partial charge in [-0.3, -0.25) is 19.7 Å². The second-order valence-electron chi connectivity index (χ2n) is 12.7. The van der Waals surface area contributed by atoms with Crippen molar-refractivity contribution < 1.29 is 9.53 Å². The van der Waals surface area contributed by atoms with Crippen LogP contribution in [0.5, 0.6) is 5.75 Å². The van der Waals surface area contributed by atoms with E-state index in [4.69, 9.17) is 4.74 Å². The number of fused-ring (bicyclic) bond motifs is 2. The van der Waals surface area contributed by atoms with Crippen LogP contribution in [-0.2, 0) is 24.9 Å². The second kappa shape index (κ2) is 12.4. The smallest absolute Gasteiger partial charge is 0.230 e. The molecule has 0 spiro atoms. The quantitative estimate of drug-likeness (QED) is 0.221. The highest BCUT2D eigenvalue weighted by molar-refractivity contribution is 5.96. The predicted octanol–water partition coefficient (Wildman–Crippen LogP) is 6.35.